The fourth-order valence-electron chi connectivity index (χ4n) is 1.50. The van der Waals surface area contributed by atoms with Gasteiger partial charge in [0, 0.05) is 17.0 Å². The monoisotopic (exact) mass is 371 g/mol. The van der Waals surface area contributed by atoms with Crippen molar-refractivity contribution in [1.29, 1.82) is 0 Å². The summed E-state index contributed by atoms with van der Waals surface area (Å²) in [6.07, 6.45) is 0.739. The van der Waals surface area contributed by atoms with E-state index in [1.54, 1.807) is 0 Å². The summed E-state index contributed by atoms with van der Waals surface area (Å²) in [6, 6.07) is 2.99. The summed E-state index contributed by atoms with van der Waals surface area (Å²) in [6.45, 7) is 1.31. The summed E-state index contributed by atoms with van der Waals surface area (Å²) in [5, 5.41) is 12.8. The Hall–Kier alpha value is -0.590. The Balaban J connectivity index is 2.98. The van der Waals surface area contributed by atoms with Gasteiger partial charge in [0.05, 0.1) is 16.8 Å². The maximum atomic E-state index is 12.4. The van der Waals surface area contributed by atoms with Gasteiger partial charge in [-0.2, -0.15) is 8.78 Å². The highest BCUT2D eigenvalue weighted by molar-refractivity contribution is 9.10. The molecule has 0 bridgehead atoms. The minimum absolute atomic E-state index is 0.000734. The maximum absolute atomic E-state index is 12.4. The van der Waals surface area contributed by atoms with Gasteiger partial charge in [0.1, 0.15) is 0 Å². The Bertz CT molecular complexity index is 456. The molecule has 0 spiro atoms. The standard InChI is InChI=1S/C13H17BrClF2NO2/c1-3-13(2,7-19)6-18-10-5-8(15)4-9(14)11(10)20-12(16)17/h4-5,12,18-19H,3,6-7H2,1-2H3. The smallest absolute Gasteiger partial charge is 0.387 e. The second kappa shape index (κ2) is 7.43. The number of hydrogen-bond acceptors (Lipinski definition) is 3. The summed E-state index contributed by atoms with van der Waals surface area (Å²) in [7, 11) is 0. The van der Waals surface area contributed by atoms with E-state index in [1.807, 2.05) is 13.8 Å². The van der Waals surface area contributed by atoms with E-state index in [1.165, 1.54) is 12.1 Å². The van der Waals surface area contributed by atoms with Crippen molar-refractivity contribution in [1.82, 2.24) is 0 Å². The zero-order chi connectivity index (χ0) is 15.3. The minimum atomic E-state index is -2.93. The lowest BCUT2D eigenvalue weighted by atomic mass is 9.88. The van der Waals surface area contributed by atoms with Gasteiger partial charge in [-0.15, -0.1) is 0 Å². The van der Waals surface area contributed by atoms with Gasteiger partial charge in [-0.05, 0) is 34.5 Å². The lowest BCUT2D eigenvalue weighted by Crippen LogP contribution is -2.29. The van der Waals surface area contributed by atoms with Gasteiger partial charge in [-0.3, -0.25) is 0 Å². The molecule has 0 aliphatic heterocycles. The highest BCUT2D eigenvalue weighted by Gasteiger charge is 2.22. The Morgan fingerprint density at radius 1 is 1.50 bits per heavy atom. The van der Waals surface area contributed by atoms with Gasteiger partial charge in [-0.1, -0.05) is 25.4 Å². The van der Waals surface area contributed by atoms with Crippen LogP contribution >= 0.6 is 27.5 Å². The number of hydrogen-bond donors (Lipinski definition) is 2. The average molecular weight is 373 g/mol. The molecule has 0 saturated heterocycles. The number of nitrogens with one attached hydrogen (secondary N) is 1. The fraction of sp³-hybridized carbons (Fsp3) is 0.538. The van der Waals surface area contributed by atoms with E-state index >= 15 is 0 Å². The molecule has 1 aromatic carbocycles. The van der Waals surface area contributed by atoms with Gasteiger partial charge in [-0.25, -0.2) is 0 Å². The van der Waals surface area contributed by atoms with E-state index in [0.29, 0.717) is 21.7 Å². The third-order valence-corrected chi connectivity index (χ3v) is 3.96. The van der Waals surface area contributed by atoms with Crippen LogP contribution in [0.1, 0.15) is 20.3 Å². The molecular weight excluding hydrogens is 356 g/mol. The molecule has 1 unspecified atom stereocenters. The number of ether oxygens (including phenoxy) is 1. The number of benzene rings is 1. The van der Waals surface area contributed by atoms with Crippen molar-refractivity contribution >= 4 is 33.2 Å². The third kappa shape index (κ3) is 4.75. The number of anilines is 1. The molecule has 20 heavy (non-hydrogen) atoms. The largest absolute Gasteiger partial charge is 0.431 e. The van der Waals surface area contributed by atoms with Crippen LogP contribution < -0.4 is 10.1 Å². The molecule has 0 aliphatic carbocycles. The molecule has 1 rings (SSSR count). The summed E-state index contributed by atoms with van der Waals surface area (Å²) < 4.78 is 29.7. The molecule has 114 valence electrons. The van der Waals surface area contributed by atoms with Crippen LogP contribution in [0.25, 0.3) is 0 Å². The van der Waals surface area contributed by atoms with Crippen molar-refractivity contribution in [2.45, 2.75) is 26.9 Å². The van der Waals surface area contributed by atoms with Crippen LogP contribution in [0.5, 0.6) is 5.75 Å². The van der Waals surface area contributed by atoms with Crippen LogP contribution in [0, 0.1) is 5.41 Å². The minimum Gasteiger partial charge on any atom is -0.431 e. The Morgan fingerprint density at radius 3 is 2.65 bits per heavy atom. The Morgan fingerprint density at radius 2 is 2.15 bits per heavy atom. The van der Waals surface area contributed by atoms with Crippen molar-refractivity contribution in [3.05, 3.63) is 21.6 Å². The number of aliphatic hydroxyl groups excluding tert-OH is 1. The van der Waals surface area contributed by atoms with Gasteiger partial charge in [0.2, 0.25) is 0 Å². The van der Waals surface area contributed by atoms with Crippen LogP contribution in [0.2, 0.25) is 5.02 Å². The molecule has 7 heteroatoms. The molecule has 0 amide bonds. The molecule has 0 fully saturated rings. The summed E-state index contributed by atoms with van der Waals surface area (Å²) >= 11 is 9.06. The van der Waals surface area contributed by atoms with Crippen LogP contribution in [-0.4, -0.2) is 24.9 Å². The summed E-state index contributed by atoms with van der Waals surface area (Å²) in [5.74, 6) is 0.000734. The van der Waals surface area contributed by atoms with Crippen molar-refractivity contribution < 1.29 is 18.6 Å². The van der Waals surface area contributed by atoms with Gasteiger partial charge >= 0.3 is 6.61 Å². The van der Waals surface area contributed by atoms with Gasteiger partial charge in [0.25, 0.3) is 0 Å². The van der Waals surface area contributed by atoms with E-state index in [4.69, 9.17) is 11.6 Å². The average Bonchev–Trinajstić information content (AvgIpc) is 2.39. The van der Waals surface area contributed by atoms with E-state index in [9.17, 15) is 13.9 Å². The molecule has 0 aliphatic rings. The second-order valence-corrected chi connectivity index (χ2v) is 6.11. The van der Waals surface area contributed by atoms with E-state index in [-0.39, 0.29) is 17.8 Å². The first kappa shape index (κ1) is 17.5. The quantitative estimate of drug-likeness (QED) is 0.739. The molecular formula is C13H17BrClF2NO2. The van der Waals surface area contributed by atoms with Crippen molar-refractivity contribution in [3.8, 4) is 5.75 Å². The Kier molecular flexibility index (Phi) is 6.48. The summed E-state index contributed by atoms with van der Waals surface area (Å²) in [5.41, 5.74) is 0.00877. The first-order valence-electron chi connectivity index (χ1n) is 6.10. The highest BCUT2D eigenvalue weighted by atomic mass is 79.9. The van der Waals surface area contributed by atoms with E-state index < -0.39 is 6.61 Å². The van der Waals surface area contributed by atoms with Crippen molar-refractivity contribution in [2.75, 3.05) is 18.5 Å². The van der Waals surface area contributed by atoms with Crippen LogP contribution in [-0.2, 0) is 0 Å². The predicted molar refractivity (Wildman–Crippen MR) is 79.8 cm³/mol. The maximum Gasteiger partial charge on any atom is 0.387 e. The topological polar surface area (TPSA) is 41.5 Å². The molecule has 0 aromatic heterocycles. The molecule has 0 saturated carbocycles. The molecule has 1 atom stereocenters. The number of aliphatic hydroxyl groups is 1. The van der Waals surface area contributed by atoms with Crippen LogP contribution in [0.3, 0.4) is 0 Å². The zero-order valence-corrected chi connectivity index (χ0v) is 13.6. The molecule has 0 heterocycles. The second-order valence-electron chi connectivity index (χ2n) is 4.82. The van der Waals surface area contributed by atoms with Crippen LogP contribution in [0.15, 0.2) is 16.6 Å². The highest BCUT2D eigenvalue weighted by Crippen LogP contribution is 2.38. The van der Waals surface area contributed by atoms with E-state index in [2.05, 4.69) is 26.0 Å². The van der Waals surface area contributed by atoms with Gasteiger partial charge in [0.15, 0.2) is 5.75 Å². The molecule has 2 N–H and O–H groups in total. The van der Waals surface area contributed by atoms with Crippen molar-refractivity contribution in [3.63, 3.8) is 0 Å². The SMILES string of the molecule is CCC(C)(CO)CNc1cc(Cl)cc(Br)c1OC(F)F. The molecule has 1 aromatic rings. The Labute approximate surface area is 130 Å². The van der Waals surface area contributed by atoms with Crippen LogP contribution in [0.4, 0.5) is 14.5 Å². The summed E-state index contributed by atoms with van der Waals surface area (Å²) in [4.78, 5) is 0. The number of rotatable bonds is 7. The predicted octanol–water partition coefficient (Wildman–Crippen LogP) is 4.52. The van der Waals surface area contributed by atoms with Gasteiger partial charge < -0.3 is 15.2 Å². The van der Waals surface area contributed by atoms with E-state index in [0.717, 1.165) is 6.42 Å². The first-order chi connectivity index (χ1) is 9.31. The zero-order valence-electron chi connectivity index (χ0n) is 11.2. The van der Waals surface area contributed by atoms with Crippen molar-refractivity contribution in [2.24, 2.45) is 5.41 Å². The molecule has 0 radical (unpaired) electrons. The normalized spacial score (nSPS) is 14.2. The number of alkyl halides is 2. The first-order valence-corrected chi connectivity index (χ1v) is 7.27. The lowest BCUT2D eigenvalue weighted by Gasteiger charge is -2.27. The lowest BCUT2D eigenvalue weighted by molar-refractivity contribution is -0.0498. The number of halogens is 4. The fourth-order valence-corrected chi connectivity index (χ4v) is 2.41. The molecule has 3 nitrogen and oxygen atoms in total. The third-order valence-electron chi connectivity index (χ3n) is 3.16.